The van der Waals surface area contributed by atoms with Crippen LogP contribution < -0.4 is 10.6 Å². The SMILES string of the molecule is CCC(CC)(CO)CNC(C)CNC(=O)OC(C)(C)C. The van der Waals surface area contributed by atoms with Gasteiger partial charge in [-0.05, 0) is 40.5 Å². The summed E-state index contributed by atoms with van der Waals surface area (Å²) in [6.45, 7) is 13.1. The number of nitrogens with one attached hydrogen (secondary N) is 2. The maximum Gasteiger partial charge on any atom is 0.407 e. The van der Waals surface area contributed by atoms with Gasteiger partial charge in [-0.2, -0.15) is 0 Å². The van der Waals surface area contributed by atoms with Gasteiger partial charge in [0, 0.05) is 31.2 Å². The van der Waals surface area contributed by atoms with Crippen molar-refractivity contribution in [3.05, 3.63) is 0 Å². The van der Waals surface area contributed by atoms with Crippen molar-refractivity contribution in [1.82, 2.24) is 10.6 Å². The highest BCUT2D eigenvalue weighted by Crippen LogP contribution is 2.24. The number of carbonyl (C=O) groups excluding carboxylic acids is 1. The summed E-state index contributed by atoms with van der Waals surface area (Å²) >= 11 is 0. The number of hydrogen-bond acceptors (Lipinski definition) is 4. The number of carbonyl (C=O) groups is 1. The topological polar surface area (TPSA) is 70.6 Å². The normalized spacial score (nSPS) is 13.9. The molecule has 0 saturated heterocycles. The summed E-state index contributed by atoms with van der Waals surface area (Å²) in [4.78, 5) is 11.5. The lowest BCUT2D eigenvalue weighted by Crippen LogP contribution is -2.45. The van der Waals surface area contributed by atoms with E-state index in [2.05, 4.69) is 24.5 Å². The van der Waals surface area contributed by atoms with E-state index < -0.39 is 11.7 Å². The van der Waals surface area contributed by atoms with Crippen LogP contribution in [0.5, 0.6) is 0 Å². The second-order valence-corrected chi connectivity index (χ2v) is 6.53. The molecule has 0 aromatic heterocycles. The molecule has 0 fully saturated rings. The Morgan fingerprint density at radius 3 is 2.20 bits per heavy atom. The Morgan fingerprint density at radius 2 is 1.80 bits per heavy atom. The zero-order chi connectivity index (χ0) is 15.8. The first kappa shape index (κ1) is 19.2. The zero-order valence-electron chi connectivity index (χ0n) is 13.9. The molecule has 0 saturated carbocycles. The molecule has 20 heavy (non-hydrogen) atoms. The standard InChI is InChI=1S/C15H32N2O3/c1-7-15(8-2,11-18)10-17-12(3)9-16-13(19)20-14(4,5)6/h12,17-18H,7-11H2,1-6H3,(H,16,19). The van der Waals surface area contributed by atoms with Gasteiger partial charge in [-0.1, -0.05) is 13.8 Å². The van der Waals surface area contributed by atoms with Crippen molar-refractivity contribution in [3.8, 4) is 0 Å². The van der Waals surface area contributed by atoms with Crippen molar-refractivity contribution in [2.45, 2.75) is 66.0 Å². The summed E-state index contributed by atoms with van der Waals surface area (Å²) in [7, 11) is 0. The van der Waals surface area contributed by atoms with Crippen LogP contribution in [0.15, 0.2) is 0 Å². The van der Waals surface area contributed by atoms with Gasteiger partial charge in [0.25, 0.3) is 0 Å². The van der Waals surface area contributed by atoms with E-state index in [0.29, 0.717) is 6.54 Å². The van der Waals surface area contributed by atoms with E-state index in [1.807, 2.05) is 27.7 Å². The fourth-order valence-corrected chi connectivity index (χ4v) is 1.79. The Morgan fingerprint density at radius 1 is 1.25 bits per heavy atom. The number of aliphatic hydroxyl groups excluding tert-OH is 1. The third kappa shape index (κ3) is 7.70. The molecule has 0 aromatic rings. The predicted octanol–water partition coefficient (Wildman–Crippen LogP) is 2.29. The van der Waals surface area contributed by atoms with E-state index in [0.717, 1.165) is 19.4 Å². The molecular formula is C15H32N2O3. The number of ether oxygens (including phenoxy) is 1. The van der Waals surface area contributed by atoms with Gasteiger partial charge in [0.2, 0.25) is 0 Å². The minimum atomic E-state index is -0.475. The monoisotopic (exact) mass is 288 g/mol. The largest absolute Gasteiger partial charge is 0.444 e. The fourth-order valence-electron chi connectivity index (χ4n) is 1.79. The molecule has 0 rings (SSSR count). The van der Waals surface area contributed by atoms with Crippen molar-refractivity contribution in [3.63, 3.8) is 0 Å². The molecule has 0 aliphatic carbocycles. The summed E-state index contributed by atoms with van der Waals surface area (Å²) in [5, 5.41) is 15.6. The molecule has 5 nitrogen and oxygen atoms in total. The molecule has 1 unspecified atom stereocenters. The Balaban J connectivity index is 4.06. The van der Waals surface area contributed by atoms with Crippen molar-refractivity contribution < 1.29 is 14.6 Å². The zero-order valence-corrected chi connectivity index (χ0v) is 13.9. The van der Waals surface area contributed by atoms with Crippen molar-refractivity contribution in [2.24, 2.45) is 5.41 Å². The minimum Gasteiger partial charge on any atom is -0.444 e. The van der Waals surface area contributed by atoms with Gasteiger partial charge in [-0.15, -0.1) is 0 Å². The van der Waals surface area contributed by atoms with Gasteiger partial charge in [-0.25, -0.2) is 4.79 Å². The van der Waals surface area contributed by atoms with Crippen LogP contribution in [0.25, 0.3) is 0 Å². The third-order valence-electron chi connectivity index (χ3n) is 3.61. The lowest BCUT2D eigenvalue weighted by atomic mass is 9.83. The van der Waals surface area contributed by atoms with E-state index in [9.17, 15) is 9.90 Å². The predicted molar refractivity (Wildman–Crippen MR) is 81.8 cm³/mol. The Hall–Kier alpha value is -0.810. The maximum atomic E-state index is 11.5. The van der Waals surface area contributed by atoms with Crippen LogP contribution in [0, 0.1) is 5.41 Å². The molecule has 0 spiro atoms. The summed E-state index contributed by atoms with van der Waals surface area (Å²) in [5.74, 6) is 0. The molecule has 120 valence electrons. The average molecular weight is 288 g/mol. The third-order valence-corrected chi connectivity index (χ3v) is 3.61. The Labute approximate surface area is 123 Å². The second kappa shape index (κ2) is 8.47. The van der Waals surface area contributed by atoms with Gasteiger partial charge in [0.1, 0.15) is 5.60 Å². The van der Waals surface area contributed by atoms with Crippen molar-refractivity contribution >= 4 is 6.09 Å². The summed E-state index contributed by atoms with van der Waals surface area (Å²) in [6.07, 6.45) is 1.46. The number of rotatable bonds is 8. The number of hydrogen-bond donors (Lipinski definition) is 3. The average Bonchev–Trinajstić information content (AvgIpc) is 2.37. The van der Waals surface area contributed by atoms with Crippen molar-refractivity contribution in [1.29, 1.82) is 0 Å². The highest BCUT2D eigenvalue weighted by molar-refractivity contribution is 5.67. The molecule has 0 radical (unpaired) electrons. The molecule has 1 atom stereocenters. The molecule has 5 heteroatoms. The smallest absolute Gasteiger partial charge is 0.407 e. The molecular weight excluding hydrogens is 256 g/mol. The summed E-state index contributed by atoms with van der Waals surface area (Å²) in [6, 6.07) is 0.131. The Bertz CT molecular complexity index is 275. The van der Waals surface area contributed by atoms with E-state index in [-0.39, 0.29) is 18.1 Å². The van der Waals surface area contributed by atoms with Gasteiger partial charge < -0.3 is 20.5 Å². The second-order valence-electron chi connectivity index (χ2n) is 6.53. The van der Waals surface area contributed by atoms with Crippen molar-refractivity contribution in [2.75, 3.05) is 19.7 Å². The fraction of sp³-hybridized carbons (Fsp3) is 0.933. The van der Waals surface area contributed by atoms with E-state index >= 15 is 0 Å². The molecule has 1 amide bonds. The van der Waals surface area contributed by atoms with Gasteiger partial charge in [-0.3, -0.25) is 0 Å². The minimum absolute atomic E-state index is 0.0693. The molecule has 0 aliphatic rings. The van der Waals surface area contributed by atoms with Crippen LogP contribution in [0.1, 0.15) is 54.4 Å². The van der Waals surface area contributed by atoms with Crippen LogP contribution in [-0.4, -0.2) is 42.5 Å². The first-order valence-electron chi connectivity index (χ1n) is 7.49. The number of alkyl carbamates (subject to hydrolysis) is 1. The van der Waals surface area contributed by atoms with Gasteiger partial charge in [0.05, 0.1) is 0 Å². The lowest BCUT2D eigenvalue weighted by molar-refractivity contribution is 0.0520. The highest BCUT2D eigenvalue weighted by Gasteiger charge is 2.25. The van der Waals surface area contributed by atoms with Crippen LogP contribution in [0.3, 0.4) is 0 Å². The molecule has 0 aliphatic heterocycles. The van der Waals surface area contributed by atoms with Gasteiger partial charge in [0.15, 0.2) is 0 Å². The summed E-state index contributed by atoms with van der Waals surface area (Å²) < 4.78 is 5.18. The van der Waals surface area contributed by atoms with Gasteiger partial charge >= 0.3 is 6.09 Å². The number of amides is 1. The number of aliphatic hydroxyl groups is 1. The van der Waals surface area contributed by atoms with Crippen LogP contribution in [-0.2, 0) is 4.74 Å². The Kier molecular flexibility index (Phi) is 8.13. The summed E-state index contributed by atoms with van der Waals surface area (Å²) in [5.41, 5.74) is -0.544. The molecule has 0 heterocycles. The first-order valence-corrected chi connectivity index (χ1v) is 7.49. The van der Waals surface area contributed by atoms with E-state index in [4.69, 9.17) is 4.74 Å². The lowest BCUT2D eigenvalue weighted by Gasteiger charge is -2.31. The first-order chi connectivity index (χ1) is 9.18. The maximum absolute atomic E-state index is 11.5. The van der Waals surface area contributed by atoms with E-state index in [1.165, 1.54) is 0 Å². The quantitative estimate of drug-likeness (QED) is 0.641. The highest BCUT2D eigenvalue weighted by atomic mass is 16.6. The van der Waals surface area contributed by atoms with Crippen LogP contribution >= 0.6 is 0 Å². The van der Waals surface area contributed by atoms with Crippen LogP contribution in [0.4, 0.5) is 4.79 Å². The van der Waals surface area contributed by atoms with Crippen LogP contribution in [0.2, 0.25) is 0 Å². The molecule has 0 aromatic carbocycles. The molecule has 3 N–H and O–H groups in total. The van der Waals surface area contributed by atoms with E-state index in [1.54, 1.807) is 0 Å². The molecule has 0 bridgehead atoms.